The molecule has 1 unspecified atom stereocenters. The van der Waals surface area contributed by atoms with Gasteiger partial charge in [0.25, 0.3) is 0 Å². The average molecular weight is 689 g/mol. The Morgan fingerprint density at radius 3 is 2.56 bits per heavy atom. The molecular formula is C34H45FN4O8S. The van der Waals surface area contributed by atoms with Gasteiger partial charge in [-0.05, 0) is 82.3 Å². The Kier molecular flexibility index (Phi) is 10.7. The summed E-state index contributed by atoms with van der Waals surface area (Å²) in [6.45, 7) is 7.40. The van der Waals surface area contributed by atoms with Crippen molar-refractivity contribution in [3.8, 4) is 5.75 Å². The molecule has 0 aliphatic carbocycles. The van der Waals surface area contributed by atoms with Gasteiger partial charge in [0.05, 0.1) is 35.6 Å². The number of carbonyl (C=O) groups excluding carboxylic acids is 3. The lowest BCUT2D eigenvalue weighted by Gasteiger charge is -2.44. The minimum Gasteiger partial charge on any atom is -0.493 e. The molecule has 262 valence electrons. The largest absolute Gasteiger partial charge is 0.493 e. The van der Waals surface area contributed by atoms with Crippen molar-refractivity contribution in [2.45, 2.75) is 82.1 Å². The number of benzene rings is 2. The number of fused-ring (bicyclic) bond motifs is 4. The molecule has 14 heteroatoms. The van der Waals surface area contributed by atoms with Crippen molar-refractivity contribution in [3.05, 3.63) is 59.4 Å². The molecule has 0 aromatic heterocycles. The third-order valence-corrected chi connectivity index (χ3v) is 10.7. The molecule has 2 fully saturated rings. The van der Waals surface area contributed by atoms with Crippen molar-refractivity contribution in [1.29, 1.82) is 0 Å². The van der Waals surface area contributed by atoms with E-state index in [1.165, 1.54) is 27.4 Å². The smallest absolute Gasteiger partial charge is 0.410 e. The maximum Gasteiger partial charge on any atom is 0.410 e. The molecule has 2 aromatic rings. The monoisotopic (exact) mass is 688 g/mol. The van der Waals surface area contributed by atoms with Crippen molar-refractivity contribution < 1.29 is 41.8 Å². The zero-order chi connectivity index (χ0) is 34.8. The SMILES string of the molecule is Cc1cccc(S(=O)(=O)N2CCN(C(=O)OC(C)(C)C)[C@@H]([C@@H](O)[C@@H]3Cc4cc(F)cc(c4)OCCCCN4CC(CC4=O)C(=O)N3)C2)c1. The van der Waals surface area contributed by atoms with Crippen molar-refractivity contribution in [2.24, 2.45) is 5.92 Å². The molecular weight excluding hydrogens is 643 g/mol. The molecule has 3 aliphatic rings. The normalized spacial score (nSPS) is 23.8. The number of aryl methyl sites for hydroxylation is 1. The van der Waals surface area contributed by atoms with Gasteiger partial charge < -0.3 is 24.8 Å². The Balaban J connectivity index is 1.51. The number of aliphatic hydroxyl groups excluding tert-OH is 1. The second-order valence-corrected chi connectivity index (χ2v) is 15.8. The van der Waals surface area contributed by atoms with Gasteiger partial charge in [-0.25, -0.2) is 17.6 Å². The minimum atomic E-state index is -4.04. The highest BCUT2D eigenvalue weighted by Gasteiger charge is 2.44. The van der Waals surface area contributed by atoms with Gasteiger partial charge in [0.1, 0.15) is 17.2 Å². The van der Waals surface area contributed by atoms with Crippen LogP contribution in [0.4, 0.5) is 9.18 Å². The Morgan fingerprint density at radius 1 is 1.06 bits per heavy atom. The van der Waals surface area contributed by atoms with Crippen molar-refractivity contribution in [3.63, 3.8) is 0 Å². The first kappa shape index (κ1) is 35.6. The van der Waals surface area contributed by atoms with Crippen LogP contribution in [0.3, 0.4) is 0 Å². The van der Waals surface area contributed by atoms with Crippen molar-refractivity contribution in [2.75, 3.05) is 39.3 Å². The molecule has 0 saturated carbocycles. The highest BCUT2D eigenvalue weighted by atomic mass is 32.2. The van der Waals surface area contributed by atoms with Crippen LogP contribution in [0.5, 0.6) is 5.75 Å². The third-order valence-electron chi connectivity index (χ3n) is 8.83. The molecule has 5 rings (SSSR count). The second kappa shape index (κ2) is 14.4. The van der Waals surface area contributed by atoms with E-state index >= 15 is 0 Å². The highest BCUT2D eigenvalue weighted by Crippen LogP contribution is 2.28. The lowest BCUT2D eigenvalue weighted by atomic mass is 9.93. The van der Waals surface area contributed by atoms with Crippen LogP contribution in [0.25, 0.3) is 0 Å². The van der Waals surface area contributed by atoms with E-state index in [1.807, 2.05) is 0 Å². The first-order valence-corrected chi connectivity index (χ1v) is 17.8. The van der Waals surface area contributed by atoms with Gasteiger partial charge in [0.15, 0.2) is 0 Å². The van der Waals surface area contributed by atoms with Gasteiger partial charge in [-0.3, -0.25) is 14.5 Å². The summed E-state index contributed by atoms with van der Waals surface area (Å²) in [6, 6.07) is 8.35. The Bertz CT molecular complexity index is 1630. The molecule has 0 spiro atoms. The summed E-state index contributed by atoms with van der Waals surface area (Å²) in [5.74, 6) is -1.58. The number of piperazine rings is 1. The number of amides is 3. The van der Waals surface area contributed by atoms with E-state index in [-0.39, 0.29) is 55.6 Å². The molecule has 3 amide bonds. The molecule has 4 bridgehead atoms. The summed E-state index contributed by atoms with van der Waals surface area (Å²) in [7, 11) is -4.04. The fourth-order valence-corrected chi connectivity index (χ4v) is 7.98. The number of sulfonamides is 1. The Morgan fingerprint density at radius 2 is 1.83 bits per heavy atom. The molecule has 48 heavy (non-hydrogen) atoms. The lowest BCUT2D eigenvalue weighted by Crippen LogP contribution is -2.65. The molecule has 12 nitrogen and oxygen atoms in total. The van der Waals surface area contributed by atoms with Gasteiger partial charge in [0.2, 0.25) is 21.8 Å². The zero-order valence-corrected chi connectivity index (χ0v) is 28.7. The lowest BCUT2D eigenvalue weighted by molar-refractivity contribution is -0.129. The predicted octanol–water partition coefficient (Wildman–Crippen LogP) is 2.85. The Hall–Kier alpha value is -3.75. The van der Waals surface area contributed by atoms with Crippen LogP contribution in [0.2, 0.25) is 0 Å². The first-order chi connectivity index (χ1) is 22.6. The molecule has 4 atom stereocenters. The number of nitrogens with one attached hydrogen (secondary N) is 1. The minimum absolute atomic E-state index is 0.00520. The molecule has 2 aromatic carbocycles. The van der Waals surface area contributed by atoms with E-state index < -0.39 is 57.5 Å². The number of hydrogen-bond donors (Lipinski definition) is 2. The summed E-state index contributed by atoms with van der Waals surface area (Å²) < 4.78 is 55.1. The Labute approximate surface area is 281 Å². The van der Waals surface area contributed by atoms with Crippen LogP contribution in [0.15, 0.2) is 47.4 Å². The topological polar surface area (TPSA) is 146 Å². The van der Waals surface area contributed by atoms with E-state index in [0.717, 1.165) is 5.56 Å². The van der Waals surface area contributed by atoms with E-state index in [4.69, 9.17) is 9.47 Å². The number of aliphatic hydroxyl groups is 1. The van der Waals surface area contributed by atoms with E-state index in [9.17, 15) is 32.3 Å². The van der Waals surface area contributed by atoms with Crippen LogP contribution in [-0.2, 0) is 30.8 Å². The summed E-state index contributed by atoms with van der Waals surface area (Å²) in [6.07, 6.45) is -1.08. The number of halogens is 1. The number of rotatable bonds is 4. The molecule has 0 radical (unpaired) electrons. The predicted molar refractivity (Wildman–Crippen MR) is 174 cm³/mol. The zero-order valence-electron chi connectivity index (χ0n) is 27.9. The van der Waals surface area contributed by atoms with Crippen LogP contribution in [0.1, 0.15) is 51.2 Å². The number of hydrogen-bond acceptors (Lipinski definition) is 8. The van der Waals surface area contributed by atoms with Gasteiger partial charge >= 0.3 is 6.09 Å². The molecule has 3 aliphatic heterocycles. The van der Waals surface area contributed by atoms with E-state index in [2.05, 4.69) is 5.32 Å². The van der Waals surface area contributed by atoms with Crippen molar-refractivity contribution in [1.82, 2.24) is 19.4 Å². The summed E-state index contributed by atoms with van der Waals surface area (Å²) in [4.78, 5) is 42.9. The third kappa shape index (κ3) is 8.45. The van der Waals surface area contributed by atoms with E-state index in [0.29, 0.717) is 31.6 Å². The van der Waals surface area contributed by atoms with Gasteiger partial charge in [-0.2, -0.15) is 4.31 Å². The summed E-state index contributed by atoms with van der Waals surface area (Å²) in [5, 5.41) is 15.0. The quantitative estimate of drug-likeness (QED) is 0.499. The fourth-order valence-electron chi connectivity index (χ4n) is 6.43. The maximum absolute atomic E-state index is 14.8. The molecule has 2 saturated heterocycles. The maximum atomic E-state index is 14.8. The van der Waals surface area contributed by atoms with Crippen LogP contribution < -0.4 is 10.1 Å². The fraction of sp³-hybridized carbons (Fsp3) is 0.559. The summed E-state index contributed by atoms with van der Waals surface area (Å²) in [5.41, 5.74) is 0.283. The van der Waals surface area contributed by atoms with Crippen LogP contribution in [-0.4, -0.2) is 109 Å². The highest BCUT2D eigenvalue weighted by molar-refractivity contribution is 7.89. The van der Waals surface area contributed by atoms with E-state index in [1.54, 1.807) is 56.9 Å². The molecule has 2 N–H and O–H groups in total. The standard InChI is InChI=1S/C34H45FN4O8S/c1-22-8-7-9-27(14-22)48(44,45)38-11-12-39(33(43)47-34(2,3)4)29(21-38)31(41)28-17-23-15-25(35)19-26(16-23)46-13-6-5-10-37-20-24(18-30(37)40)32(42)36-28/h7-9,14-16,19,24,28-29,31,41H,5-6,10-13,17-18,20-21H2,1-4H3,(H,36,42)/t24?,28-,29+,31-/m0/s1. The van der Waals surface area contributed by atoms with Gasteiger partial charge in [0, 0.05) is 45.2 Å². The number of ether oxygens (including phenoxy) is 2. The van der Waals surface area contributed by atoms with Crippen molar-refractivity contribution >= 4 is 27.9 Å². The van der Waals surface area contributed by atoms with Crippen LogP contribution in [0, 0.1) is 18.7 Å². The first-order valence-electron chi connectivity index (χ1n) is 16.4. The summed E-state index contributed by atoms with van der Waals surface area (Å²) >= 11 is 0. The van der Waals surface area contributed by atoms with Crippen LogP contribution >= 0.6 is 0 Å². The second-order valence-electron chi connectivity index (χ2n) is 13.8. The molecule has 3 heterocycles. The average Bonchev–Trinajstić information content (AvgIpc) is 3.38. The van der Waals surface area contributed by atoms with Gasteiger partial charge in [-0.15, -0.1) is 0 Å². The number of nitrogens with zero attached hydrogens (tertiary/aromatic N) is 3. The van der Waals surface area contributed by atoms with Gasteiger partial charge in [-0.1, -0.05) is 12.1 Å². The number of carbonyl (C=O) groups is 3.